The molecule has 0 bridgehead atoms. The van der Waals surface area contributed by atoms with Crippen LogP contribution in [0.5, 0.6) is 0 Å². The molecule has 0 unspecified atom stereocenters. The average Bonchev–Trinajstić information content (AvgIpc) is 2.15. The van der Waals surface area contributed by atoms with Gasteiger partial charge in [0.15, 0.2) is 0 Å². The minimum Gasteiger partial charge on any atom is -0.481 e. The van der Waals surface area contributed by atoms with Gasteiger partial charge in [0.25, 0.3) is 0 Å². The fourth-order valence-corrected chi connectivity index (χ4v) is 1.41. The van der Waals surface area contributed by atoms with Crippen LogP contribution in [0.1, 0.15) is 17.9 Å². The number of carboxylic acids is 1. The van der Waals surface area contributed by atoms with Crippen LogP contribution in [-0.4, -0.2) is 17.6 Å². The summed E-state index contributed by atoms with van der Waals surface area (Å²) >= 11 is 5.72. The molecule has 3 N–H and O–H groups in total. The maximum Gasteiger partial charge on any atom is 0.304 e. The zero-order valence-electron chi connectivity index (χ0n) is 7.99. The first-order chi connectivity index (χ1) is 6.63. The van der Waals surface area contributed by atoms with Gasteiger partial charge in [0.2, 0.25) is 0 Å². The van der Waals surface area contributed by atoms with Gasteiger partial charge in [-0.1, -0.05) is 23.7 Å². The smallest absolute Gasteiger partial charge is 0.304 e. The number of carboxylic acid groups (broad SMARTS) is 1. The Hall–Kier alpha value is -0.770. The van der Waals surface area contributed by atoms with E-state index < -0.39 is 5.97 Å². The lowest BCUT2D eigenvalue weighted by molar-refractivity contribution is -0.137. The van der Waals surface area contributed by atoms with E-state index in [0.29, 0.717) is 11.6 Å². The minimum atomic E-state index is -0.838. The van der Waals surface area contributed by atoms with Gasteiger partial charge in [-0.15, -0.1) is 0 Å². The van der Waals surface area contributed by atoms with Crippen molar-refractivity contribution in [2.75, 3.05) is 6.54 Å². The van der Waals surface area contributed by atoms with E-state index in [4.69, 9.17) is 22.4 Å². The first kappa shape index (κ1) is 14.2. The Morgan fingerprint density at radius 2 is 1.93 bits per heavy atom. The molecule has 1 rings (SSSR count). The molecular weight excluding hydrogens is 237 g/mol. The van der Waals surface area contributed by atoms with Crippen LogP contribution < -0.4 is 5.73 Å². The van der Waals surface area contributed by atoms with Gasteiger partial charge in [0.05, 0.1) is 6.42 Å². The van der Waals surface area contributed by atoms with Crippen LogP contribution in [-0.2, 0) is 4.79 Å². The Morgan fingerprint density at radius 1 is 1.40 bits per heavy atom. The maximum absolute atomic E-state index is 10.5. The number of rotatable bonds is 4. The Morgan fingerprint density at radius 3 is 2.33 bits per heavy atom. The molecule has 0 aliphatic heterocycles. The van der Waals surface area contributed by atoms with Crippen molar-refractivity contribution in [2.45, 2.75) is 12.3 Å². The third-order valence-electron chi connectivity index (χ3n) is 2.05. The van der Waals surface area contributed by atoms with Gasteiger partial charge in [-0.3, -0.25) is 4.79 Å². The molecule has 0 aliphatic rings. The third kappa shape index (κ3) is 4.51. The summed E-state index contributed by atoms with van der Waals surface area (Å²) in [5.41, 5.74) is 6.41. The van der Waals surface area contributed by atoms with E-state index in [0.717, 1.165) is 5.56 Å². The number of carbonyl (C=O) groups is 1. The number of hydrogen-bond acceptors (Lipinski definition) is 2. The van der Waals surface area contributed by atoms with E-state index in [1.54, 1.807) is 12.1 Å². The lowest BCUT2D eigenvalue weighted by Gasteiger charge is -2.12. The van der Waals surface area contributed by atoms with Crippen LogP contribution in [0.3, 0.4) is 0 Å². The molecule has 0 heterocycles. The number of nitrogens with two attached hydrogens (primary N) is 1. The van der Waals surface area contributed by atoms with E-state index in [1.165, 1.54) is 0 Å². The lowest BCUT2D eigenvalue weighted by Crippen LogP contribution is -2.16. The highest BCUT2D eigenvalue weighted by Crippen LogP contribution is 2.20. The van der Waals surface area contributed by atoms with Crippen LogP contribution in [0.15, 0.2) is 24.3 Å². The van der Waals surface area contributed by atoms with Crippen LogP contribution >= 0.6 is 24.0 Å². The topological polar surface area (TPSA) is 63.3 Å². The fourth-order valence-electron chi connectivity index (χ4n) is 1.28. The molecule has 1 atom stereocenters. The van der Waals surface area contributed by atoms with E-state index in [9.17, 15) is 4.79 Å². The van der Waals surface area contributed by atoms with Crippen LogP contribution in [0.25, 0.3) is 0 Å². The second kappa shape index (κ2) is 6.67. The third-order valence-corrected chi connectivity index (χ3v) is 2.30. The molecule has 3 nitrogen and oxygen atoms in total. The molecule has 0 saturated carbocycles. The number of aliphatic carboxylic acids is 1. The summed E-state index contributed by atoms with van der Waals surface area (Å²) in [6.45, 7) is 0.327. The van der Waals surface area contributed by atoms with Gasteiger partial charge < -0.3 is 10.8 Å². The second-order valence-electron chi connectivity index (χ2n) is 3.08. The van der Waals surface area contributed by atoms with Gasteiger partial charge in [0, 0.05) is 23.3 Å². The Bertz CT molecular complexity index is 314. The van der Waals surface area contributed by atoms with Gasteiger partial charge in [-0.2, -0.15) is 0 Å². The van der Waals surface area contributed by atoms with Crippen molar-refractivity contribution >= 4 is 30.0 Å². The van der Waals surface area contributed by atoms with Crippen molar-refractivity contribution in [2.24, 2.45) is 5.73 Å². The summed E-state index contributed by atoms with van der Waals surface area (Å²) in [6, 6.07) is 7.09. The number of halogens is 2. The molecule has 0 spiro atoms. The molecule has 0 saturated heterocycles. The summed E-state index contributed by atoms with van der Waals surface area (Å²) in [4.78, 5) is 10.5. The summed E-state index contributed by atoms with van der Waals surface area (Å²) < 4.78 is 0. The quantitative estimate of drug-likeness (QED) is 0.861. The van der Waals surface area contributed by atoms with Crippen LogP contribution in [0, 0.1) is 0 Å². The van der Waals surface area contributed by atoms with Crippen molar-refractivity contribution in [3.8, 4) is 0 Å². The second-order valence-corrected chi connectivity index (χ2v) is 3.52. The lowest BCUT2D eigenvalue weighted by atomic mass is 9.96. The normalized spacial score (nSPS) is 11.6. The van der Waals surface area contributed by atoms with E-state index in [2.05, 4.69) is 0 Å². The summed E-state index contributed by atoms with van der Waals surface area (Å²) in [5.74, 6) is -0.972. The Labute approximate surface area is 99.6 Å². The molecule has 1 aromatic carbocycles. The Balaban J connectivity index is 0.00000196. The van der Waals surface area contributed by atoms with E-state index >= 15 is 0 Å². The van der Waals surface area contributed by atoms with Gasteiger partial charge >= 0.3 is 5.97 Å². The van der Waals surface area contributed by atoms with Crippen LogP contribution in [0.4, 0.5) is 0 Å². The van der Waals surface area contributed by atoms with Gasteiger partial charge in [-0.05, 0) is 24.2 Å². The van der Waals surface area contributed by atoms with Gasteiger partial charge in [0.1, 0.15) is 0 Å². The fraction of sp³-hybridized carbons (Fsp3) is 0.300. The van der Waals surface area contributed by atoms with Crippen molar-refractivity contribution in [3.63, 3.8) is 0 Å². The molecule has 0 amide bonds. The largest absolute Gasteiger partial charge is 0.481 e. The summed E-state index contributed by atoms with van der Waals surface area (Å²) in [6.07, 6.45) is 0.0537. The van der Waals surface area contributed by atoms with E-state index in [1.807, 2.05) is 12.1 Å². The highest BCUT2D eigenvalue weighted by molar-refractivity contribution is 6.30. The monoisotopic (exact) mass is 248 g/mol. The van der Waals surface area contributed by atoms with Gasteiger partial charge in [-0.25, -0.2) is 0 Å². The van der Waals surface area contributed by atoms with Crippen LogP contribution in [0.2, 0.25) is 5.02 Å². The molecule has 0 aromatic heterocycles. The number of hydrogen-bond donors (Lipinski definition) is 2. The highest BCUT2D eigenvalue weighted by atomic mass is 35.5. The molecule has 83 valence electrons. The van der Waals surface area contributed by atoms with Crippen molar-refractivity contribution in [1.82, 2.24) is 0 Å². The Kier molecular flexibility index (Phi) is 6.32. The molecule has 0 fully saturated rings. The predicted molar refractivity (Wildman–Crippen MR) is 61.4 cm³/mol. The van der Waals surface area contributed by atoms with Crippen molar-refractivity contribution in [1.29, 1.82) is 0 Å². The molecule has 1 radical (unpaired) electrons. The summed E-state index contributed by atoms with van der Waals surface area (Å²) in [7, 11) is 0. The minimum absolute atomic E-state index is 0. The molecular formula is C10H12Cl2NO2. The summed E-state index contributed by atoms with van der Waals surface area (Å²) in [5, 5.41) is 9.29. The zero-order chi connectivity index (χ0) is 10.6. The predicted octanol–water partition coefficient (Wildman–Crippen LogP) is 2.55. The first-order valence-corrected chi connectivity index (χ1v) is 4.68. The SMILES string of the molecule is NC[C@H](CC(=O)O)c1ccc(Cl)cc1.[Cl]. The van der Waals surface area contributed by atoms with Crippen molar-refractivity contribution in [3.05, 3.63) is 34.9 Å². The van der Waals surface area contributed by atoms with Crippen molar-refractivity contribution < 1.29 is 9.90 Å². The maximum atomic E-state index is 10.5. The zero-order valence-corrected chi connectivity index (χ0v) is 9.50. The molecule has 5 heteroatoms. The molecule has 15 heavy (non-hydrogen) atoms. The number of benzene rings is 1. The molecule has 1 aromatic rings. The standard InChI is InChI=1S/C10H12ClNO2.Cl/c11-9-3-1-7(2-4-9)8(6-12)5-10(13)14;/h1-4,8H,5-6,12H2,(H,13,14);/t8-;/m0./s1. The first-order valence-electron chi connectivity index (χ1n) is 4.31. The molecule has 0 aliphatic carbocycles. The average molecular weight is 249 g/mol. The highest BCUT2D eigenvalue weighted by Gasteiger charge is 2.13. The van der Waals surface area contributed by atoms with E-state index in [-0.39, 0.29) is 24.7 Å².